The van der Waals surface area contributed by atoms with E-state index in [1.165, 1.54) is 24.3 Å². The molecule has 0 aliphatic heterocycles. The van der Waals surface area contributed by atoms with Gasteiger partial charge in [0.15, 0.2) is 16.1 Å². The van der Waals surface area contributed by atoms with Gasteiger partial charge in [0.25, 0.3) is 0 Å². The molecular weight excluding hydrogens is 479 g/mol. The predicted octanol–water partition coefficient (Wildman–Crippen LogP) is 5.39. The zero-order valence-electron chi connectivity index (χ0n) is 19.2. The largest absolute Gasteiger partial charge is 0.494 e. The number of benzene rings is 3. The van der Waals surface area contributed by atoms with Crippen LogP contribution >= 0.6 is 0 Å². The van der Waals surface area contributed by atoms with E-state index in [-0.39, 0.29) is 17.1 Å². The maximum absolute atomic E-state index is 13.1. The number of hydrogen-bond donors (Lipinski definition) is 0. The van der Waals surface area contributed by atoms with E-state index in [1.807, 2.05) is 35.2 Å². The summed E-state index contributed by atoms with van der Waals surface area (Å²) in [5.41, 5.74) is 0.968. The van der Waals surface area contributed by atoms with Crippen molar-refractivity contribution in [2.45, 2.75) is 30.6 Å². The van der Waals surface area contributed by atoms with Crippen molar-refractivity contribution in [3.8, 4) is 5.75 Å². The van der Waals surface area contributed by atoms with Gasteiger partial charge in [-0.05, 0) is 41.8 Å². The first kappa shape index (κ1) is 26.4. The van der Waals surface area contributed by atoms with Crippen molar-refractivity contribution < 1.29 is 31.1 Å². The molecule has 0 heterocycles. The van der Waals surface area contributed by atoms with Crippen molar-refractivity contribution in [1.82, 2.24) is 4.90 Å². The first-order valence-electron chi connectivity index (χ1n) is 10.9. The van der Waals surface area contributed by atoms with Crippen LogP contribution in [0.15, 0.2) is 77.7 Å². The molecule has 3 aromatic rings. The highest BCUT2D eigenvalue weighted by Gasteiger charge is 2.30. The molecule has 0 bridgehead atoms. The Hall–Kier alpha value is -3.17. The molecule has 3 rings (SSSR count). The molecule has 0 saturated heterocycles. The summed E-state index contributed by atoms with van der Waals surface area (Å²) in [6, 6.07) is 19.2. The molecule has 5 nitrogen and oxygen atoms in total. The van der Waals surface area contributed by atoms with Gasteiger partial charge in [0.1, 0.15) is 5.75 Å². The number of alkyl halides is 3. The lowest BCUT2D eigenvalue weighted by atomic mass is 10.1. The fraction of sp³-hybridized carbons (Fsp3) is 0.269. The Morgan fingerprint density at radius 3 is 2.26 bits per heavy atom. The molecule has 0 saturated carbocycles. The summed E-state index contributed by atoms with van der Waals surface area (Å²) in [6.45, 7) is 1.67. The monoisotopic (exact) mass is 505 g/mol. The molecule has 0 amide bonds. The van der Waals surface area contributed by atoms with Crippen molar-refractivity contribution in [2.24, 2.45) is 0 Å². The standard InChI is InChI=1S/C26H26F3NO4S/c1-35(32,33)25-16-24(12-11-22(25)19-31)34-14-6-13-30(17-20-7-3-2-4-8-20)18-21-9-5-10-23(15-21)26(27,28)29/h2-5,7-12,15-16,19H,6,13-14,17-18H2,1H3. The van der Waals surface area contributed by atoms with Crippen LogP contribution in [0, 0.1) is 0 Å². The van der Waals surface area contributed by atoms with Crippen LogP contribution in [-0.4, -0.2) is 39.0 Å². The number of carbonyl (C=O) groups is 1. The second kappa shape index (κ2) is 11.5. The lowest BCUT2D eigenvalue weighted by Gasteiger charge is -2.23. The molecule has 0 aromatic heterocycles. The minimum Gasteiger partial charge on any atom is -0.494 e. The van der Waals surface area contributed by atoms with E-state index in [2.05, 4.69) is 0 Å². The maximum Gasteiger partial charge on any atom is 0.416 e. The normalized spacial score (nSPS) is 12.0. The molecule has 0 radical (unpaired) electrons. The number of sulfone groups is 1. The first-order valence-corrected chi connectivity index (χ1v) is 12.8. The van der Waals surface area contributed by atoms with Gasteiger partial charge in [-0.15, -0.1) is 0 Å². The van der Waals surface area contributed by atoms with E-state index in [4.69, 9.17) is 4.74 Å². The average molecular weight is 506 g/mol. The fourth-order valence-electron chi connectivity index (χ4n) is 3.66. The highest BCUT2D eigenvalue weighted by molar-refractivity contribution is 7.90. The number of hydrogen-bond acceptors (Lipinski definition) is 5. The molecular formula is C26H26F3NO4S. The van der Waals surface area contributed by atoms with Crippen LogP contribution in [0.1, 0.15) is 33.5 Å². The van der Waals surface area contributed by atoms with Crippen molar-refractivity contribution >= 4 is 16.1 Å². The molecule has 0 N–H and O–H groups in total. The van der Waals surface area contributed by atoms with Crippen LogP contribution in [-0.2, 0) is 29.1 Å². The predicted molar refractivity (Wildman–Crippen MR) is 127 cm³/mol. The highest BCUT2D eigenvalue weighted by atomic mass is 32.2. The Labute approximate surface area is 203 Å². The minimum atomic E-state index is -4.40. The minimum absolute atomic E-state index is 0.0648. The summed E-state index contributed by atoms with van der Waals surface area (Å²) in [7, 11) is -3.59. The van der Waals surface area contributed by atoms with E-state index in [1.54, 1.807) is 6.07 Å². The molecule has 186 valence electrons. The number of aldehydes is 1. The quantitative estimate of drug-likeness (QED) is 0.258. The summed E-state index contributed by atoms with van der Waals surface area (Å²) in [5.74, 6) is 0.323. The number of carbonyl (C=O) groups excluding carboxylic acids is 1. The third kappa shape index (κ3) is 7.93. The molecule has 0 fully saturated rings. The lowest BCUT2D eigenvalue weighted by molar-refractivity contribution is -0.137. The second-order valence-electron chi connectivity index (χ2n) is 8.19. The van der Waals surface area contributed by atoms with Gasteiger partial charge in [-0.1, -0.05) is 48.5 Å². The maximum atomic E-state index is 13.1. The summed E-state index contributed by atoms with van der Waals surface area (Å²) in [6.07, 6.45) is -2.35. The SMILES string of the molecule is CS(=O)(=O)c1cc(OCCCN(Cc2ccccc2)Cc2cccc(C(F)(F)F)c2)ccc1C=O. The lowest BCUT2D eigenvalue weighted by Crippen LogP contribution is -2.25. The summed E-state index contributed by atoms with van der Waals surface area (Å²) >= 11 is 0. The molecule has 35 heavy (non-hydrogen) atoms. The van der Waals surface area contributed by atoms with Gasteiger partial charge in [0.2, 0.25) is 0 Å². The number of ether oxygens (including phenoxy) is 1. The summed E-state index contributed by atoms with van der Waals surface area (Å²) < 4.78 is 68.9. The zero-order valence-corrected chi connectivity index (χ0v) is 20.0. The van der Waals surface area contributed by atoms with Gasteiger partial charge in [-0.25, -0.2) is 8.42 Å². The van der Waals surface area contributed by atoms with Gasteiger partial charge >= 0.3 is 6.18 Å². The van der Waals surface area contributed by atoms with Crippen LogP contribution in [0.2, 0.25) is 0 Å². The van der Waals surface area contributed by atoms with E-state index in [0.29, 0.717) is 43.7 Å². The molecule has 3 aromatic carbocycles. The van der Waals surface area contributed by atoms with Crippen molar-refractivity contribution in [2.75, 3.05) is 19.4 Å². The Balaban J connectivity index is 1.67. The summed E-state index contributed by atoms with van der Waals surface area (Å²) in [4.78, 5) is 13.1. The van der Waals surface area contributed by atoms with Crippen LogP contribution in [0.5, 0.6) is 5.75 Å². The van der Waals surface area contributed by atoms with E-state index in [0.717, 1.165) is 24.0 Å². The number of halogens is 3. The molecule has 0 unspecified atom stereocenters. The zero-order chi connectivity index (χ0) is 25.5. The van der Waals surface area contributed by atoms with Gasteiger partial charge in [0.05, 0.1) is 17.1 Å². The molecule has 9 heteroatoms. The van der Waals surface area contributed by atoms with Crippen LogP contribution in [0.3, 0.4) is 0 Å². The van der Waals surface area contributed by atoms with Crippen molar-refractivity contribution in [3.63, 3.8) is 0 Å². The first-order chi connectivity index (χ1) is 16.6. The Bertz CT molecular complexity index is 1240. The number of nitrogens with zero attached hydrogens (tertiary/aromatic N) is 1. The van der Waals surface area contributed by atoms with Crippen molar-refractivity contribution in [1.29, 1.82) is 0 Å². The molecule has 0 aliphatic rings. The summed E-state index contributed by atoms with van der Waals surface area (Å²) in [5, 5.41) is 0. The van der Waals surface area contributed by atoms with Crippen LogP contribution < -0.4 is 4.74 Å². The molecule has 0 atom stereocenters. The fourth-order valence-corrected chi connectivity index (χ4v) is 4.54. The third-order valence-corrected chi connectivity index (χ3v) is 6.46. The Morgan fingerprint density at radius 1 is 0.914 bits per heavy atom. The van der Waals surface area contributed by atoms with E-state index < -0.39 is 21.6 Å². The third-order valence-electron chi connectivity index (χ3n) is 5.31. The molecule has 0 spiro atoms. The topological polar surface area (TPSA) is 63.7 Å². The van der Waals surface area contributed by atoms with Gasteiger partial charge in [0, 0.05) is 31.5 Å². The van der Waals surface area contributed by atoms with E-state index in [9.17, 15) is 26.4 Å². The van der Waals surface area contributed by atoms with Gasteiger partial charge in [-0.3, -0.25) is 9.69 Å². The van der Waals surface area contributed by atoms with Crippen LogP contribution in [0.25, 0.3) is 0 Å². The van der Waals surface area contributed by atoms with Gasteiger partial charge in [-0.2, -0.15) is 13.2 Å². The van der Waals surface area contributed by atoms with Crippen LogP contribution in [0.4, 0.5) is 13.2 Å². The van der Waals surface area contributed by atoms with Crippen molar-refractivity contribution in [3.05, 3.63) is 95.1 Å². The average Bonchev–Trinajstić information content (AvgIpc) is 2.81. The second-order valence-corrected chi connectivity index (χ2v) is 10.2. The number of rotatable bonds is 11. The van der Waals surface area contributed by atoms with Gasteiger partial charge < -0.3 is 4.74 Å². The molecule has 0 aliphatic carbocycles. The Morgan fingerprint density at radius 2 is 1.60 bits per heavy atom. The highest BCUT2D eigenvalue weighted by Crippen LogP contribution is 2.30. The van der Waals surface area contributed by atoms with E-state index >= 15 is 0 Å². The Kier molecular flexibility index (Phi) is 8.69. The smallest absolute Gasteiger partial charge is 0.416 e.